The predicted molar refractivity (Wildman–Crippen MR) is 165 cm³/mol. The molecule has 6 rings (SSSR count). The lowest BCUT2D eigenvalue weighted by Crippen LogP contribution is -2.42. The summed E-state index contributed by atoms with van der Waals surface area (Å²) in [5.41, 5.74) is 4.39. The lowest BCUT2D eigenvalue weighted by atomic mass is 9.75. The van der Waals surface area contributed by atoms with Crippen LogP contribution in [0.2, 0.25) is 0 Å². The van der Waals surface area contributed by atoms with Crippen LogP contribution in [-0.2, 0) is 27.1 Å². The van der Waals surface area contributed by atoms with E-state index in [1.807, 2.05) is 86.2 Å². The van der Waals surface area contributed by atoms with Gasteiger partial charge in [-0.15, -0.1) is 0 Å². The Labute approximate surface area is 251 Å². The Morgan fingerprint density at radius 3 is 2.07 bits per heavy atom. The second-order valence-electron chi connectivity index (χ2n) is 11.0. The summed E-state index contributed by atoms with van der Waals surface area (Å²) in [5.74, 6) is -1.01. The molecule has 0 amide bonds. The number of hydrogen-bond donors (Lipinski definition) is 1. The number of imidazole rings is 1. The smallest absolute Gasteiger partial charge is 0.332 e. The lowest BCUT2D eigenvalue weighted by Gasteiger charge is -2.40. The minimum atomic E-state index is -1.10. The highest BCUT2D eigenvalue weighted by Gasteiger charge is 2.46. The Morgan fingerprint density at radius 2 is 1.56 bits per heavy atom. The summed E-state index contributed by atoms with van der Waals surface area (Å²) in [6.07, 6.45) is 5.28. The largest absolute Gasteiger partial charge is 0.479 e. The SMILES string of the molecule is CCC(OC1(c2cn(C(c3ccccc3)(c3ccccc3)c3ccccc3)cn2)CCCc2cc(C#N)ccc21)C(=O)O. The van der Waals surface area contributed by atoms with E-state index in [2.05, 4.69) is 47.0 Å². The van der Waals surface area contributed by atoms with E-state index in [-0.39, 0.29) is 0 Å². The maximum absolute atomic E-state index is 12.3. The van der Waals surface area contributed by atoms with E-state index < -0.39 is 23.2 Å². The number of ether oxygens (including phenoxy) is 1. The molecule has 0 bridgehead atoms. The Balaban J connectivity index is 1.62. The third-order valence-corrected chi connectivity index (χ3v) is 8.59. The van der Waals surface area contributed by atoms with Crippen LogP contribution in [0, 0.1) is 11.3 Å². The Kier molecular flexibility index (Phi) is 7.67. The predicted octanol–water partition coefficient (Wildman–Crippen LogP) is 7.05. The van der Waals surface area contributed by atoms with Gasteiger partial charge in [-0.3, -0.25) is 0 Å². The first-order valence-electron chi connectivity index (χ1n) is 14.7. The van der Waals surface area contributed by atoms with Gasteiger partial charge in [0.15, 0.2) is 6.10 Å². The third-order valence-electron chi connectivity index (χ3n) is 8.59. The molecule has 0 saturated heterocycles. The summed E-state index contributed by atoms with van der Waals surface area (Å²) in [4.78, 5) is 17.3. The van der Waals surface area contributed by atoms with Gasteiger partial charge < -0.3 is 14.4 Å². The number of hydrogen-bond acceptors (Lipinski definition) is 4. The maximum Gasteiger partial charge on any atom is 0.332 e. The van der Waals surface area contributed by atoms with Crippen molar-refractivity contribution in [1.29, 1.82) is 5.26 Å². The van der Waals surface area contributed by atoms with Crippen LogP contribution in [0.15, 0.2) is 122 Å². The van der Waals surface area contributed by atoms with Crippen molar-refractivity contribution in [3.8, 4) is 6.07 Å². The zero-order chi connectivity index (χ0) is 29.9. The van der Waals surface area contributed by atoms with Crippen LogP contribution in [0.1, 0.15) is 65.3 Å². The fourth-order valence-electron chi connectivity index (χ4n) is 6.63. The molecule has 4 aromatic carbocycles. The normalized spacial score (nSPS) is 17.0. The number of rotatable bonds is 9. The molecule has 43 heavy (non-hydrogen) atoms. The van der Waals surface area contributed by atoms with Gasteiger partial charge in [-0.2, -0.15) is 5.26 Å². The number of aliphatic carboxylic acids is 1. The molecule has 1 aromatic heterocycles. The van der Waals surface area contributed by atoms with Crippen molar-refractivity contribution >= 4 is 5.97 Å². The number of aryl methyl sites for hydroxylation is 1. The Bertz CT molecular complexity index is 1660. The highest BCUT2D eigenvalue weighted by molar-refractivity contribution is 5.72. The van der Waals surface area contributed by atoms with Gasteiger partial charge in [-0.1, -0.05) is 104 Å². The molecule has 2 atom stereocenters. The molecular weight excluding hydrogens is 534 g/mol. The van der Waals surface area contributed by atoms with Gasteiger partial charge in [0.05, 0.1) is 23.7 Å². The minimum Gasteiger partial charge on any atom is -0.479 e. The summed E-state index contributed by atoms with van der Waals surface area (Å²) in [6, 6.07) is 38.9. The van der Waals surface area contributed by atoms with Gasteiger partial charge in [-0.25, -0.2) is 9.78 Å². The molecule has 1 N–H and O–H groups in total. The molecule has 1 aliphatic carbocycles. The van der Waals surface area contributed by atoms with Crippen LogP contribution < -0.4 is 0 Å². The maximum atomic E-state index is 12.3. The monoisotopic (exact) mass is 567 g/mol. The van der Waals surface area contributed by atoms with Gasteiger partial charge in [0.1, 0.15) is 11.1 Å². The summed E-state index contributed by atoms with van der Waals surface area (Å²) < 4.78 is 8.79. The van der Waals surface area contributed by atoms with Crippen molar-refractivity contribution in [2.45, 2.75) is 49.9 Å². The molecule has 5 aromatic rings. The first-order chi connectivity index (χ1) is 21.0. The van der Waals surface area contributed by atoms with E-state index in [4.69, 9.17) is 9.72 Å². The van der Waals surface area contributed by atoms with Gasteiger partial charge in [0, 0.05) is 6.20 Å². The van der Waals surface area contributed by atoms with Gasteiger partial charge in [0.25, 0.3) is 0 Å². The average Bonchev–Trinajstić information content (AvgIpc) is 3.56. The van der Waals surface area contributed by atoms with Crippen molar-refractivity contribution in [3.63, 3.8) is 0 Å². The van der Waals surface area contributed by atoms with Gasteiger partial charge >= 0.3 is 5.97 Å². The van der Waals surface area contributed by atoms with Crippen molar-refractivity contribution in [2.75, 3.05) is 0 Å². The van der Waals surface area contributed by atoms with E-state index in [0.717, 1.165) is 40.7 Å². The summed E-state index contributed by atoms with van der Waals surface area (Å²) >= 11 is 0. The number of carbonyl (C=O) groups is 1. The molecule has 0 saturated carbocycles. The number of benzene rings is 4. The van der Waals surface area contributed by atoms with E-state index in [0.29, 0.717) is 24.1 Å². The average molecular weight is 568 g/mol. The molecule has 0 radical (unpaired) electrons. The van der Waals surface area contributed by atoms with Crippen molar-refractivity contribution in [2.24, 2.45) is 0 Å². The number of carboxylic acids is 1. The third kappa shape index (κ3) is 4.82. The number of aromatic nitrogens is 2. The number of fused-ring (bicyclic) bond motifs is 1. The molecule has 0 fully saturated rings. The summed E-state index contributed by atoms with van der Waals surface area (Å²) in [6.45, 7) is 1.82. The second kappa shape index (κ2) is 11.7. The van der Waals surface area contributed by atoms with Crippen LogP contribution in [-0.4, -0.2) is 26.7 Å². The van der Waals surface area contributed by atoms with Crippen molar-refractivity contribution in [1.82, 2.24) is 9.55 Å². The number of nitriles is 1. The summed E-state index contributed by atoms with van der Waals surface area (Å²) in [5, 5.41) is 19.7. The molecule has 2 unspecified atom stereocenters. The van der Waals surface area contributed by atoms with Crippen LogP contribution in [0.5, 0.6) is 0 Å². The zero-order valence-electron chi connectivity index (χ0n) is 24.1. The standard InChI is InChI=1S/C37H33N3O3/c1-2-33(35(41)42)43-36(22-12-13-28-23-27(24-38)20-21-32(28)36)34-25-40(26-39-34)37(29-14-6-3-7-15-29,30-16-8-4-9-17-30)31-18-10-5-11-19-31/h3-11,14-21,23,25-26,33H,2,12-13,22H2,1H3,(H,41,42). The highest BCUT2D eigenvalue weighted by atomic mass is 16.5. The molecular formula is C37H33N3O3. The minimum absolute atomic E-state index is 0.311. The van der Waals surface area contributed by atoms with Crippen LogP contribution >= 0.6 is 0 Å². The van der Waals surface area contributed by atoms with Gasteiger partial charge in [0.2, 0.25) is 0 Å². The van der Waals surface area contributed by atoms with Crippen molar-refractivity contribution < 1.29 is 14.6 Å². The number of nitrogens with zero attached hydrogens (tertiary/aromatic N) is 3. The Hall–Kier alpha value is -4.99. The molecule has 0 spiro atoms. The van der Waals surface area contributed by atoms with Crippen LogP contribution in [0.4, 0.5) is 0 Å². The second-order valence-corrected chi connectivity index (χ2v) is 11.0. The van der Waals surface area contributed by atoms with E-state index in [1.54, 1.807) is 6.07 Å². The fraction of sp³-hybridized carbons (Fsp3) is 0.216. The zero-order valence-corrected chi connectivity index (χ0v) is 24.1. The van der Waals surface area contributed by atoms with E-state index >= 15 is 0 Å². The van der Waals surface area contributed by atoms with E-state index in [1.165, 1.54) is 0 Å². The lowest BCUT2D eigenvalue weighted by molar-refractivity contribution is -0.163. The molecule has 6 nitrogen and oxygen atoms in total. The topological polar surface area (TPSA) is 88.1 Å². The molecule has 0 aliphatic heterocycles. The number of carboxylic acid groups (broad SMARTS) is 1. The molecule has 1 aliphatic rings. The highest BCUT2D eigenvalue weighted by Crippen LogP contribution is 2.47. The van der Waals surface area contributed by atoms with Gasteiger partial charge in [-0.05, 0) is 65.6 Å². The molecule has 214 valence electrons. The quantitative estimate of drug-likeness (QED) is 0.193. The summed E-state index contributed by atoms with van der Waals surface area (Å²) in [7, 11) is 0. The first-order valence-corrected chi connectivity index (χ1v) is 14.7. The van der Waals surface area contributed by atoms with Crippen LogP contribution in [0.3, 0.4) is 0 Å². The van der Waals surface area contributed by atoms with Crippen molar-refractivity contribution in [3.05, 3.63) is 161 Å². The molecule has 6 heteroatoms. The fourth-order valence-corrected chi connectivity index (χ4v) is 6.63. The molecule has 1 heterocycles. The van der Waals surface area contributed by atoms with Crippen LogP contribution in [0.25, 0.3) is 0 Å². The Morgan fingerprint density at radius 1 is 0.977 bits per heavy atom. The first kappa shape index (κ1) is 28.1. The van der Waals surface area contributed by atoms with E-state index in [9.17, 15) is 15.2 Å².